The van der Waals surface area contributed by atoms with Gasteiger partial charge in [-0.15, -0.1) is 0 Å². The lowest BCUT2D eigenvalue weighted by Gasteiger charge is -2.08. The third kappa shape index (κ3) is 2.04. The number of carbonyl (C=O) groups is 2. The van der Waals surface area contributed by atoms with Crippen LogP contribution in [0.25, 0.3) is 0 Å². The largest absolute Gasteiger partial charge is 0.468 e. The van der Waals surface area contributed by atoms with Gasteiger partial charge in [-0.25, -0.2) is 0 Å². The molecule has 0 aromatic heterocycles. The van der Waals surface area contributed by atoms with E-state index in [1.54, 1.807) is 0 Å². The Balaban J connectivity index is 2.59. The van der Waals surface area contributed by atoms with Gasteiger partial charge in [0.1, 0.15) is 11.7 Å². The van der Waals surface area contributed by atoms with Crippen molar-refractivity contribution < 1.29 is 14.3 Å². The molecule has 0 radical (unpaired) electrons. The second-order valence-corrected chi connectivity index (χ2v) is 2.83. The van der Waals surface area contributed by atoms with Gasteiger partial charge in [0.2, 0.25) is 0 Å². The normalized spacial score (nSPS) is 24.8. The van der Waals surface area contributed by atoms with Gasteiger partial charge in [0, 0.05) is 13.0 Å². The highest BCUT2D eigenvalue weighted by atomic mass is 16.5. The van der Waals surface area contributed by atoms with Gasteiger partial charge < -0.3 is 10.1 Å². The zero-order chi connectivity index (χ0) is 8.97. The van der Waals surface area contributed by atoms with E-state index in [9.17, 15) is 9.59 Å². The quantitative estimate of drug-likeness (QED) is 0.436. The maximum absolute atomic E-state index is 11.3. The van der Waals surface area contributed by atoms with Crippen LogP contribution in [0.5, 0.6) is 0 Å². The molecule has 0 spiro atoms. The second kappa shape index (κ2) is 4.21. The fourth-order valence-electron chi connectivity index (χ4n) is 1.31. The Kier molecular flexibility index (Phi) is 3.22. The smallest absolute Gasteiger partial charge is 0.316 e. The monoisotopic (exact) mass is 171 g/mol. The molecular formula is C8H13NO3. The van der Waals surface area contributed by atoms with Gasteiger partial charge in [0.05, 0.1) is 7.11 Å². The molecule has 0 bridgehead atoms. The van der Waals surface area contributed by atoms with Crippen LogP contribution in [0.4, 0.5) is 0 Å². The molecule has 1 saturated heterocycles. The highest BCUT2D eigenvalue weighted by Gasteiger charge is 2.27. The number of ketones is 1. The van der Waals surface area contributed by atoms with Crippen LogP contribution in [0.1, 0.15) is 12.8 Å². The minimum absolute atomic E-state index is 0.00755. The van der Waals surface area contributed by atoms with Crippen LogP contribution in [0.2, 0.25) is 0 Å². The molecule has 1 rings (SSSR count). The Labute approximate surface area is 71.3 Å². The number of Topliss-reactive ketones (excluding diaryl/α,β-unsaturated/α-hetero) is 1. The first-order chi connectivity index (χ1) is 5.75. The lowest BCUT2D eigenvalue weighted by molar-refractivity contribution is -0.149. The summed E-state index contributed by atoms with van der Waals surface area (Å²) >= 11 is 0. The zero-order valence-corrected chi connectivity index (χ0v) is 7.13. The van der Waals surface area contributed by atoms with Gasteiger partial charge in [-0.05, 0) is 13.0 Å². The lowest BCUT2D eigenvalue weighted by atomic mass is 10.00. The van der Waals surface area contributed by atoms with Crippen LogP contribution < -0.4 is 5.32 Å². The number of rotatable bonds is 1. The van der Waals surface area contributed by atoms with Crippen molar-refractivity contribution >= 4 is 11.8 Å². The molecule has 12 heavy (non-hydrogen) atoms. The van der Waals surface area contributed by atoms with Crippen molar-refractivity contribution in [3.63, 3.8) is 0 Å². The standard InChI is InChI=1S/C8H13NO3/c1-12-8(11)6-2-4-9-5-3-7(6)10/h6,9H,2-5H2,1H3/t6-/m1/s1. The van der Waals surface area contributed by atoms with Crippen molar-refractivity contribution in [2.45, 2.75) is 12.8 Å². The first-order valence-corrected chi connectivity index (χ1v) is 4.07. The summed E-state index contributed by atoms with van der Waals surface area (Å²) in [6.07, 6.45) is 0.991. The third-order valence-electron chi connectivity index (χ3n) is 2.03. The summed E-state index contributed by atoms with van der Waals surface area (Å²) in [6, 6.07) is 0. The summed E-state index contributed by atoms with van der Waals surface area (Å²) in [7, 11) is 1.31. The Bertz CT molecular complexity index is 191. The number of nitrogens with one attached hydrogen (secondary N) is 1. The molecule has 68 valence electrons. The van der Waals surface area contributed by atoms with Gasteiger partial charge in [-0.2, -0.15) is 0 Å². The molecule has 0 saturated carbocycles. The van der Waals surface area contributed by atoms with Crippen LogP contribution in [0.15, 0.2) is 0 Å². The first-order valence-electron chi connectivity index (χ1n) is 4.07. The number of methoxy groups -OCH3 is 1. The van der Waals surface area contributed by atoms with Crippen LogP contribution in [-0.4, -0.2) is 32.0 Å². The summed E-state index contributed by atoms with van der Waals surface area (Å²) in [5, 5.41) is 3.06. The van der Waals surface area contributed by atoms with Crippen LogP contribution in [0, 0.1) is 5.92 Å². The van der Waals surface area contributed by atoms with Crippen LogP contribution in [-0.2, 0) is 14.3 Å². The maximum Gasteiger partial charge on any atom is 0.316 e. The third-order valence-corrected chi connectivity index (χ3v) is 2.03. The van der Waals surface area contributed by atoms with E-state index in [0.29, 0.717) is 25.9 Å². The minimum Gasteiger partial charge on any atom is -0.468 e. The van der Waals surface area contributed by atoms with Crippen LogP contribution >= 0.6 is 0 Å². The van der Waals surface area contributed by atoms with Gasteiger partial charge >= 0.3 is 5.97 Å². The highest BCUT2D eigenvalue weighted by molar-refractivity contribution is 5.99. The van der Waals surface area contributed by atoms with E-state index in [2.05, 4.69) is 10.1 Å². The molecule has 1 aliphatic rings. The lowest BCUT2D eigenvalue weighted by Crippen LogP contribution is -2.24. The molecule has 4 nitrogen and oxygen atoms in total. The molecule has 0 unspecified atom stereocenters. The fourth-order valence-corrected chi connectivity index (χ4v) is 1.31. The zero-order valence-electron chi connectivity index (χ0n) is 7.13. The molecule has 0 aliphatic carbocycles. The SMILES string of the molecule is COC(=O)[C@@H]1CCNCCC1=O. The van der Waals surface area contributed by atoms with Crippen molar-refractivity contribution in [2.24, 2.45) is 5.92 Å². The molecule has 0 aromatic carbocycles. The Morgan fingerprint density at radius 2 is 2.33 bits per heavy atom. The number of ether oxygens (including phenoxy) is 1. The average molecular weight is 171 g/mol. The van der Waals surface area contributed by atoms with Gasteiger partial charge in [-0.3, -0.25) is 9.59 Å². The molecular weight excluding hydrogens is 158 g/mol. The number of carbonyl (C=O) groups excluding carboxylic acids is 2. The fraction of sp³-hybridized carbons (Fsp3) is 0.750. The van der Waals surface area contributed by atoms with E-state index in [1.807, 2.05) is 0 Å². The van der Waals surface area contributed by atoms with Gasteiger partial charge in [-0.1, -0.05) is 0 Å². The van der Waals surface area contributed by atoms with E-state index < -0.39 is 11.9 Å². The van der Waals surface area contributed by atoms with Crippen LogP contribution in [0.3, 0.4) is 0 Å². The Morgan fingerprint density at radius 3 is 3.00 bits per heavy atom. The molecule has 1 aliphatic heterocycles. The molecule has 1 heterocycles. The topological polar surface area (TPSA) is 55.4 Å². The molecule has 1 atom stereocenters. The summed E-state index contributed by atoms with van der Waals surface area (Å²) < 4.78 is 4.53. The Morgan fingerprint density at radius 1 is 1.58 bits per heavy atom. The highest BCUT2D eigenvalue weighted by Crippen LogP contribution is 2.10. The van der Waals surface area contributed by atoms with Crippen molar-refractivity contribution in [2.75, 3.05) is 20.2 Å². The number of esters is 1. The van der Waals surface area contributed by atoms with E-state index in [0.717, 1.165) is 0 Å². The van der Waals surface area contributed by atoms with Crippen molar-refractivity contribution in [1.82, 2.24) is 5.32 Å². The van der Waals surface area contributed by atoms with E-state index in [-0.39, 0.29) is 5.78 Å². The van der Waals surface area contributed by atoms with Gasteiger partial charge in [0.25, 0.3) is 0 Å². The number of hydrogen-bond acceptors (Lipinski definition) is 4. The molecule has 1 N–H and O–H groups in total. The Hall–Kier alpha value is -0.900. The van der Waals surface area contributed by atoms with E-state index in [1.165, 1.54) is 7.11 Å². The minimum atomic E-state index is -0.537. The summed E-state index contributed by atoms with van der Waals surface area (Å²) in [5.41, 5.74) is 0. The molecule has 4 heteroatoms. The summed E-state index contributed by atoms with van der Waals surface area (Å²) in [6.45, 7) is 1.39. The van der Waals surface area contributed by atoms with Crippen molar-refractivity contribution in [3.05, 3.63) is 0 Å². The van der Waals surface area contributed by atoms with Gasteiger partial charge in [0.15, 0.2) is 0 Å². The van der Waals surface area contributed by atoms with Crippen molar-refractivity contribution in [3.8, 4) is 0 Å². The average Bonchev–Trinajstić information content (AvgIpc) is 2.28. The first kappa shape index (κ1) is 9.19. The van der Waals surface area contributed by atoms with Crippen molar-refractivity contribution in [1.29, 1.82) is 0 Å². The maximum atomic E-state index is 11.3. The van der Waals surface area contributed by atoms with E-state index >= 15 is 0 Å². The summed E-state index contributed by atoms with van der Waals surface area (Å²) in [4.78, 5) is 22.3. The molecule has 1 fully saturated rings. The van der Waals surface area contributed by atoms with E-state index in [4.69, 9.17) is 0 Å². The summed E-state index contributed by atoms with van der Waals surface area (Å²) in [5.74, 6) is -0.944. The number of hydrogen-bond donors (Lipinski definition) is 1. The predicted molar refractivity (Wildman–Crippen MR) is 42.6 cm³/mol. The molecule has 0 amide bonds. The second-order valence-electron chi connectivity index (χ2n) is 2.83. The molecule has 0 aromatic rings. The predicted octanol–water partition coefficient (Wildman–Crippen LogP) is -0.272.